The molecule has 2 N–H and O–H groups in total. The van der Waals surface area contributed by atoms with Crippen LogP contribution in [0.15, 0.2) is 24.3 Å². The first kappa shape index (κ1) is 18.2. The normalized spacial score (nSPS) is 28.2. The van der Waals surface area contributed by atoms with Gasteiger partial charge in [0.15, 0.2) is 0 Å². The van der Waals surface area contributed by atoms with E-state index in [1.165, 1.54) is 6.07 Å². The summed E-state index contributed by atoms with van der Waals surface area (Å²) in [5.74, 6) is -0.109. The molecule has 2 aliphatic heterocycles. The summed E-state index contributed by atoms with van der Waals surface area (Å²) in [6, 6.07) is 6.50. The second-order valence-electron chi connectivity index (χ2n) is 7.14. The number of benzene rings is 1. The molecule has 0 saturated carbocycles. The Morgan fingerprint density at radius 2 is 2.08 bits per heavy atom. The fourth-order valence-electron chi connectivity index (χ4n) is 3.99. The highest BCUT2D eigenvalue weighted by Crippen LogP contribution is 2.37. The van der Waals surface area contributed by atoms with Crippen LogP contribution >= 0.6 is 0 Å². The van der Waals surface area contributed by atoms with Crippen LogP contribution in [-0.4, -0.2) is 47.8 Å². The van der Waals surface area contributed by atoms with Crippen molar-refractivity contribution in [1.82, 2.24) is 10.2 Å². The number of aliphatic hydroxyl groups excluding tert-OH is 1. The van der Waals surface area contributed by atoms with E-state index in [4.69, 9.17) is 0 Å². The molecule has 1 amide bonds. The van der Waals surface area contributed by atoms with Gasteiger partial charge in [-0.3, -0.25) is 9.69 Å². The first-order valence-corrected chi connectivity index (χ1v) is 8.62. The summed E-state index contributed by atoms with van der Waals surface area (Å²) in [5.41, 5.74) is 0.247. The van der Waals surface area contributed by atoms with Crippen LogP contribution in [0.4, 0.5) is 13.2 Å². The number of nitrogens with zero attached hydrogens (tertiary/aromatic N) is 1. The third-order valence-electron chi connectivity index (χ3n) is 5.20. The van der Waals surface area contributed by atoms with Crippen molar-refractivity contribution in [3.63, 3.8) is 0 Å². The smallest absolute Gasteiger partial charge is 0.392 e. The highest BCUT2D eigenvalue weighted by atomic mass is 19.4. The Morgan fingerprint density at radius 1 is 1.32 bits per heavy atom. The molecule has 0 aliphatic carbocycles. The molecule has 3 rings (SSSR count). The second-order valence-corrected chi connectivity index (χ2v) is 7.14. The van der Waals surface area contributed by atoms with Crippen LogP contribution in [0.1, 0.15) is 30.4 Å². The van der Waals surface area contributed by atoms with Crippen molar-refractivity contribution in [2.24, 2.45) is 5.41 Å². The third-order valence-corrected chi connectivity index (χ3v) is 5.20. The average molecular weight is 356 g/mol. The monoisotopic (exact) mass is 356 g/mol. The molecule has 0 bridgehead atoms. The predicted molar refractivity (Wildman–Crippen MR) is 86.8 cm³/mol. The molecule has 0 radical (unpaired) electrons. The molecule has 2 aliphatic rings. The topological polar surface area (TPSA) is 52.6 Å². The van der Waals surface area contributed by atoms with E-state index in [2.05, 4.69) is 10.2 Å². The van der Waals surface area contributed by atoms with E-state index in [0.29, 0.717) is 39.0 Å². The van der Waals surface area contributed by atoms with Crippen LogP contribution in [-0.2, 0) is 17.8 Å². The molecular formula is C18H23F3N2O2. The molecule has 7 heteroatoms. The van der Waals surface area contributed by atoms with Crippen LogP contribution in [0.5, 0.6) is 0 Å². The Bertz CT molecular complexity index is 635. The summed E-state index contributed by atoms with van der Waals surface area (Å²) in [6.45, 7) is 2.17. The van der Waals surface area contributed by atoms with Crippen molar-refractivity contribution in [1.29, 1.82) is 0 Å². The Kier molecular flexibility index (Phi) is 5.06. The lowest BCUT2D eigenvalue weighted by molar-refractivity contribution is -0.149. The number of carbonyl (C=O) groups excluding carboxylic acids is 1. The van der Waals surface area contributed by atoms with E-state index < -0.39 is 24.1 Å². The number of rotatable bonds is 3. The summed E-state index contributed by atoms with van der Waals surface area (Å²) in [6.07, 6.45) is -3.86. The number of aliphatic hydroxyl groups is 1. The highest BCUT2D eigenvalue weighted by molar-refractivity contribution is 5.84. The van der Waals surface area contributed by atoms with Crippen molar-refractivity contribution in [3.05, 3.63) is 35.4 Å². The van der Waals surface area contributed by atoms with Crippen molar-refractivity contribution in [2.45, 2.75) is 44.5 Å². The van der Waals surface area contributed by atoms with Crippen LogP contribution in [0.2, 0.25) is 0 Å². The summed E-state index contributed by atoms with van der Waals surface area (Å²) >= 11 is 0. The van der Waals surface area contributed by atoms with Gasteiger partial charge in [-0.2, -0.15) is 13.2 Å². The van der Waals surface area contributed by atoms with Crippen LogP contribution < -0.4 is 5.32 Å². The first-order valence-electron chi connectivity index (χ1n) is 8.62. The first-order chi connectivity index (χ1) is 11.8. The summed E-state index contributed by atoms with van der Waals surface area (Å²) in [4.78, 5) is 14.4. The van der Waals surface area contributed by atoms with Gasteiger partial charge in [0.1, 0.15) is 0 Å². The van der Waals surface area contributed by atoms with E-state index in [1.807, 2.05) is 0 Å². The molecule has 0 aromatic heterocycles. The minimum atomic E-state index is -4.22. The van der Waals surface area contributed by atoms with E-state index in [1.54, 1.807) is 18.2 Å². The van der Waals surface area contributed by atoms with Crippen LogP contribution in [0, 0.1) is 5.41 Å². The van der Waals surface area contributed by atoms with Crippen LogP contribution in [0.3, 0.4) is 0 Å². The van der Waals surface area contributed by atoms with E-state index >= 15 is 0 Å². The third kappa shape index (κ3) is 4.15. The number of hydrogen-bond donors (Lipinski definition) is 2. The zero-order valence-electron chi connectivity index (χ0n) is 14.0. The number of piperidine rings is 2. The zero-order chi connectivity index (χ0) is 18.1. The Labute approximate surface area is 145 Å². The number of hydrogen-bond acceptors (Lipinski definition) is 3. The number of alkyl halides is 3. The molecule has 1 aromatic rings. The van der Waals surface area contributed by atoms with E-state index in [9.17, 15) is 23.1 Å². The summed E-state index contributed by atoms with van der Waals surface area (Å²) < 4.78 is 37.7. The quantitative estimate of drug-likeness (QED) is 0.874. The molecule has 1 aromatic carbocycles. The SMILES string of the molecule is O=C1NCCC[C@]12CN(Cc1cccc(CC(F)(F)F)c1)CC[C@H]2O. The molecule has 138 valence electrons. The number of likely N-dealkylation sites (tertiary alicyclic amines) is 1. The van der Waals surface area contributed by atoms with Gasteiger partial charge in [-0.1, -0.05) is 24.3 Å². The van der Waals surface area contributed by atoms with Crippen LogP contribution in [0.25, 0.3) is 0 Å². The predicted octanol–water partition coefficient (Wildman–Crippen LogP) is 2.25. The van der Waals surface area contributed by atoms with Gasteiger partial charge in [0.25, 0.3) is 0 Å². The lowest BCUT2D eigenvalue weighted by Crippen LogP contribution is -2.61. The molecule has 1 spiro atoms. The maximum absolute atomic E-state index is 12.6. The second kappa shape index (κ2) is 6.96. The standard InChI is InChI=1S/C18H23F3N2O2/c19-18(20,21)10-13-3-1-4-14(9-13)11-23-8-5-15(24)17(12-23)6-2-7-22-16(17)25/h1,3-4,9,15,24H,2,5-8,10-12H2,(H,22,25)/t15-,17-/m1/s1. The van der Waals surface area contributed by atoms with Gasteiger partial charge in [-0.25, -0.2) is 0 Å². The molecule has 2 fully saturated rings. The zero-order valence-corrected chi connectivity index (χ0v) is 14.0. The lowest BCUT2D eigenvalue weighted by atomic mass is 9.71. The highest BCUT2D eigenvalue weighted by Gasteiger charge is 2.49. The maximum Gasteiger partial charge on any atom is 0.393 e. The van der Waals surface area contributed by atoms with Crippen molar-refractivity contribution in [3.8, 4) is 0 Å². The lowest BCUT2D eigenvalue weighted by Gasteiger charge is -2.47. The van der Waals surface area contributed by atoms with Gasteiger partial charge in [0.05, 0.1) is 17.9 Å². The van der Waals surface area contributed by atoms with Crippen molar-refractivity contribution < 1.29 is 23.1 Å². The average Bonchev–Trinajstić information content (AvgIpc) is 2.52. The van der Waals surface area contributed by atoms with Gasteiger partial charge in [0.2, 0.25) is 5.91 Å². The Hall–Kier alpha value is -1.60. The van der Waals surface area contributed by atoms with Crippen molar-refractivity contribution in [2.75, 3.05) is 19.6 Å². The molecule has 2 atom stereocenters. The van der Waals surface area contributed by atoms with E-state index in [-0.39, 0.29) is 11.5 Å². The van der Waals surface area contributed by atoms with Gasteiger partial charge in [0, 0.05) is 26.2 Å². The summed E-state index contributed by atoms with van der Waals surface area (Å²) in [7, 11) is 0. The molecule has 4 nitrogen and oxygen atoms in total. The number of amides is 1. The van der Waals surface area contributed by atoms with E-state index in [0.717, 1.165) is 12.0 Å². The maximum atomic E-state index is 12.6. The number of nitrogens with one attached hydrogen (secondary N) is 1. The van der Waals surface area contributed by atoms with Gasteiger partial charge < -0.3 is 10.4 Å². The molecular weight excluding hydrogens is 333 g/mol. The molecule has 25 heavy (non-hydrogen) atoms. The summed E-state index contributed by atoms with van der Waals surface area (Å²) in [5, 5.41) is 13.2. The Balaban J connectivity index is 1.71. The van der Waals surface area contributed by atoms with Crippen molar-refractivity contribution >= 4 is 5.91 Å². The van der Waals surface area contributed by atoms with Gasteiger partial charge in [-0.05, 0) is 30.4 Å². The van der Waals surface area contributed by atoms with Gasteiger partial charge >= 0.3 is 6.18 Å². The fourth-order valence-corrected chi connectivity index (χ4v) is 3.99. The minimum absolute atomic E-state index is 0.109. The molecule has 0 unspecified atom stereocenters. The minimum Gasteiger partial charge on any atom is -0.392 e. The number of halogens is 3. The largest absolute Gasteiger partial charge is 0.393 e. The Morgan fingerprint density at radius 3 is 2.80 bits per heavy atom. The molecule has 2 heterocycles. The fraction of sp³-hybridized carbons (Fsp3) is 0.611. The molecule has 2 saturated heterocycles. The number of carbonyl (C=O) groups is 1. The van der Waals surface area contributed by atoms with Gasteiger partial charge in [-0.15, -0.1) is 0 Å².